The third-order valence-electron chi connectivity index (χ3n) is 8.67. The maximum absolute atomic E-state index is 12.9. The van der Waals surface area contributed by atoms with Gasteiger partial charge in [-0.05, 0) is 70.2 Å². The van der Waals surface area contributed by atoms with Crippen molar-refractivity contribution >= 4 is 62.7 Å². The molecule has 0 atom stereocenters. The standard InChI is InChI=1S/C21H24F3N3S.C15H22N2S.C6H3ClF3N/c1-14(2)16-7-5-6-8-17(16)26-19-27(12-20(3,4)13-28-19)18-10-9-15(11-25-18)21(22,23)24;1-11(2)12-7-5-6-8-13(12)17-14-16-9-15(3,4)10-18-14;7-5-2-1-4(3-11-5)6(8,9)10/h5-11,14H,12-13H2,1-4H3;5-8,11H,9-10H2,1-4H3,(H,16,17);1-3H. The summed E-state index contributed by atoms with van der Waals surface area (Å²) in [4.78, 5) is 18.8. The predicted octanol–water partition coefficient (Wildman–Crippen LogP) is 13.6. The van der Waals surface area contributed by atoms with E-state index in [1.807, 2.05) is 34.9 Å². The van der Waals surface area contributed by atoms with E-state index in [9.17, 15) is 26.3 Å². The molecule has 0 bridgehead atoms. The van der Waals surface area contributed by atoms with Crippen molar-refractivity contribution in [2.45, 2.75) is 79.6 Å². The van der Waals surface area contributed by atoms with Crippen molar-refractivity contribution in [2.24, 2.45) is 20.8 Å². The van der Waals surface area contributed by atoms with Gasteiger partial charge in [0.2, 0.25) is 0 Å². The smallest absolute Gasteiger partial charge is 0.335 e. The van der Waals surface area contributed by atoms with Crippen LogP contribution in [0.3, 0.4) is 0 Å². The Hall–Kier alpha value is -3.75. The highest BCUT2D eigenvalue weighted by atomic mass is 35.5. The summed E-state index contributed by atoms with van der Waals surface area (Å²) in [7, 11) is 0. The first-order valence-corrected chi connectivity index (χ1v) is 20.7. The number of aliphatic imine (C=N–C) groups is 2. The van der Waals surface area contributed by atoms with Crippen molar-refractivity contribution in [2.75, 3.05) is 34.8 Å². The van der Waals surface area contributed by atoms with Crippen molar-refractivity contribution in [3.63, 3.8) is 0 Å². The molecular weight excluding hydrogens is 802 g/mol. The molecule has 0 spiro atoms. The van der Waals surface area contributed by atoms with Gasteiger partial charge in [-0.25, -0.2) is 15.0 Å². The van der Waals surface area contributed by atoms with Gasteiger partial charge in [0.15, 0.2) is 10.3 Å². The molecule has 6 nitrogen and oxygen atoms in total. The average Bonchev–Trinajstić information content (AvgIpc) is 3.13. The van der Waals surface area contributed by atoms with Crippen LogP contribution in [0.25, 0.3) is 0 Å². The van der Waals surface area contributed by atoms with E-state index in [1.165, 1.54) is 17.3 Å². The summed E-state index contributed by atoms with van der Waals surface area (Å²) in [5.41, 5.74) is 3.35. The Morgan fingerprint density at radius 2 is 1.28 bits per heavy atom. The van der Waals surface area contributed by atoms with Crippen LogP contribution in [0.5, 0.6) is 0 Å². The summed E-state index contributed by atoms with van der Waals surface area (Å²) in [6, 6.07) is 21.0. The second-order valence-corrected chi connectivity index (χ2v) is 18.2. The molecule has 1 N–H and O–H groups in total. The first-order valence-electron chi connectivity index (χ1n) is 18.4. The summed E-state index contributed by atoms with van der Waals surface area (Å²) in [6.07, 6.45) is -7.14. The number of anilines is 2. The Bertz CT molecular complexity index is 1980. The SMILES string of the molecule is CC(C)c1ccccc1N=C1SCC(C)(C)CN1c1ccc(C(F)(F)F)cn1.CC(C)c1ccccc1NC1=NCC(C)(C)CS1.FC(F)(F)c1ccc(Cl)nc1. The summed E-state index contributed by atoms with van der Waals surface area (Å²) < 4.78 is 74.2. The number of thioether (sulfide) groups is 2. The van der Waals surface area contributed by atoms with Crippen LogP contribution in [0.4, 0.5) is 43.5 Å². The highest BCUT2D eigenvalue weighted by molar-refractivity contribution is 8.14. The van der Waals surface area contributed by atoms with Crippen molar-refractivity contribution in [3.05, 3.63) is 113 Å². The number of aromatic nitrogens is 2. The number of pyridine rings is 2. The van der Waals surface area contributed by atoms with Crippen molar-refractivity contribution < 1.29 is 26.3 Å². The van der Waals surface area contributed by atoms with E-state index in [0.717, 1.165) is 64.0 Å². The van der Waals surface area contributed by atoms with E-state index in [0.29, 0.717) is 35.8 Å². The third-order valence-corrected chi connectivity index (χ3v) is 11.8. The average molecular weight is 851 g/mol. The Labute approximate surface area is 345 Å². The Balaban J connectivity index is 0.000000211. The fourth-order valence-electron chi connectivity index (χ4n) is 5.53. The van der Waals surface area contributed by atoms with E-state index in [4.69, 9.17) is 16.6 Å². The number of nitrogens with one attached hydrogen (secondary N) is 1. The number of benzene rings is 2. The molecule has 4 aromatic rings. The van der Waals surface area contributed by atoms with E-state index in [1.54, 1.807) is 11.8 Å². The topological polar surface area (TPSA) is 65.8 Å². The minimum atomic E-state index is -4.39. The van der Waals surface area contributed by atoms with Gasteiger partial charge in [-0.3, -0.25) is 4.99 Å². The second kappa shape index (κ2) is 19.3. The van der Waals surface area contributed by atoms with Crippen molar-refractivity contribution in [1.29, 1.82) is 0 Å². The molecule has 0 saturated carbocycles. The number of hydrogen-bond donors (Lipinski definition) is 1. The zero-order chi connectivity index (χ0) is 42.2. The van der Waals surface area contributed by atoms with Crippen LogP contribution in [-0.4, -0.2) is 44.9 Å². The van der Waals surface area contributed by atoms with E-state index in [2.05, 4.69) is 106 Å². The molecule has 1 fully saturated rings. The first kappa shape index (κ1) is 45.9. The van der Waals surface area contributed by atoms with Gasteiger partial charge < -0.3 is 10.2 Å². The van der Waals surface area contributed by atoms with Crippen LogP contribution >= 0.6 is 35.1 Å². The number of alkyl halides is 6. The maximum Gasteiger partial charge on any atom is 0.417 e. The van der Waals surface area contributed by atoms with Crippen LogP contribution in [-0.2, 0) is 12.4 Å². The van der Waals surface area contributed by atoms with Gasteiger partial charge in [0.05, 0.1) is 16.8 Å². The molecule has 0 radical (unpaired) electrons. The normalized spacial score (nSPS) is 17.3. The third kappa shape index (κ3) is 14.0. The Morgan fingerprint density at radius 3 is 1.81 bits per heavy atom. The molecule has 0 aliphatic carbocycles. The molecule has 6 rings (SSSR count). The predicted molar refractivity (Wildman–Crippen MR) is 227 cm³/mol. The van der Waals surface area contributed by atoms with Gasteiger partial charge in [-0.1, -0.05) is 127 Å². The number of hydrogen-bond acceptors (Lipinski definition) is 7. The quantitative estimate of drug-likeness (QED) is 0.159. The second-order valence-electron chi connectivity index (χ2n) is 15.9. The lowest BCUT2D eigenvalue weighted by molar-refractivity contribution is -0.138. The van der Waals surface area contributed by atoms with Gasteiger partial charge in [0, 0.05) is 42.7 Å². The maximum atomic E-state index is 12.9. The Kier molecular flexibility index (Phi) is 15.6. The molecule has 308 valence electrons. The lowest BCUT2D eigenvalue weighted by Gasteiger charge is -2.38. The van der Waals surface area contributed by atoms with Gasteiger partial charge in [0.1, 0.15) is 11.0 Å². The molecule has 0 amide bonds. The minimum absolute atomic E-state index is 0.00830. The highest BCUT2D eigenvalue weighted by Crippen LogP contribution is 2.38. The number of rotatable bonds is 5. The number of nitrogens with zero attached hydrogens (tertiary/aromatic N) is 5. The number of amidine groups is 2. The monoisotopic (exact) mass is 850 g/mol. The molecule has 1 saturated heterocycles. The largest absolute Gasteiger partial charge is 0.417 e. The summed E-state index contributed by atoms with van der Waals surface area (Å²) in [5.74, 6) is 3.34. The number of para-hydroxylation sites is 2. The van der Waals surface area contributed by atoms with Crippen molar-refractivity contribution in [1.82, 2.24) is 9.97 Å². The molecule has 2 aliphatic heterocycles. The highest BCUT2D eigenvalue weighted by Gasteiger charge is 2.35. The summed E-state index contributed by atoms with van der Waals surface area (Å²) >= 11 is 8.72. The zero-order valence-corrected chi connectivity index (χ0v) is 35.7. The van der Waals surface area contributed by atoms with E-state index < -0.39 is 23.5 Å². The summed E-state index contributed by atoms with van der Waals surface area (Å²) in [5, 5.41) is 5.36. The zero-order valence-electron chi connectivity index (χ0n) is 33.3. The van der Waals surface area contributed by atoms with Crippen LogP contribution in [0.15, 0.2) is 95.2 Å². The van der Waals surface area contributed by atoms with E-state index >= 15 is 0 Å². The van der Waals surface area contributed by atoms with Gasteiger partial charge in [-0.15, -0.1) is 0 Å². The Morgan fingerprint density at radius 1 is 0.719 bits per heavy atom. The van der Waals surface area contributed by atoms with E-state index in [-0.39, 0.29) is 10.6 Å². The first-order chi connectivity index (χ1) is 26.5. The molecule has 2 aromatic heterocycles. The fraction of sp³-hybridized carbons (Fsp3) is 0.429. The van der Waals surface area contributed by atoms with Gasteiger partial charge >= 0.3 is 12.4 Å². The number of halogens is 7. The van der Waals surface area contributed by atoms with Crippen molar-refractivity contribution in [3.8, 4) is 0 Å². The van der Waals surface area contributed by atoms with Crippen LogP contribution in [0, 0.1) is 10.8 Å². The molecule has 57 heavy (non-hydrogen) atoms. The molecule has 2 aromatic carbocycles. The van der Waals surface area contributed by atoms with Crippen LogP contribution < -0.4 is 10.2 Å². The minimum Gasteiger partial charge on any atom is -0.335 e. The molecule has 0 unspecified atom stereocenters. The van der Waals surface area contributed by atoms with Gasteiger partial charge in [0.25, 0.3) is 0 Å². The summed E-state index contributed by atoms with van der Waals surface area (Å²) in [6.45, 7) is 19.0. The van der Waals surface area contributed by atoms with Crippen LogP contribution in [0.1, 0.15) is 89.5 Å². The lowest BCUT2D eigenvalue weighted by Crippen LogP contribution is -2.44. The molecular formula is C42H49ClF6N6S2. The fourth-order valence-corrected chi connectivity index (χ4v) is 7.69. The van der Waals surface area contributed by atoms with Gasteiger partial charge in [-0.2, -0.15) is 26.3 Å². The molecule has 2 aliphatic rings. The molecule has 15 heteroatoms. The van der Waals surface area contributed by atoms with Crippen LogP contribution in [0.2, 0.25) is 5.15 Å². The lowest BCUT2D eigenvalue weighted by atomic mass is 9.95. The molecule has 4 heterocycles.